The molecule has 20 heteroatoms. The molecular formula is C64H88F2N12O6. The van der Waals surface area contributed by atoms with E-state index in [-0.39, 0.29) is 95.7 Å². The third-order valence-corrected chi connectivity index (χ3v) is 18.3. The second-order valence-corrected chi connectivity index (χ2v) is 26.4. The number of fused-ring (bicyclic) bond motifs is 2. The summed E-state index contributed by atoms with van der Waals surface area (Å²) < 4.78 is 27.3. The van der Waals surface area contributed by atoms with Gasteiger partial charge in [0.15, 0.2) is 0 Å². The first kappa shape index (κ1) is 60.9. The molecule has 0 saturated carbocycles. The van der Waals surface area contributed by atoms with Gasteiger partial charge in [-0.05, 0) is 113 Å². The number of carbonyl (C=O) groups excluding carboxylic acids is 4. The molecular weight excluding hydrogens is 1070 g/mol. The lowest BCUT2D eigenvalue weighted by molar-refractivity contribution is -0.124. The predicted octanol–water partition coefficient (Wildman–Crippen LogP) is 4.52. The van der Waals surface area contributed by atoms with Crippen molar-refractivity contribution in [2.24, 2.45) is 0 Å². The van der Waals surface area contributed by atoms with Crippen LogP contribution in [0.15, 0.2) is 70.3 Å². The molecule has 0 bridgehead atoms. The number of hydrogen-bond donors (Lipinski definition) is 6. The molecule has 6 atom stereocenters. The van der Waals surface area contributed by atoms with Crippen LogP contribution >= 0.6 is 0 Å². The van der Waals surface area contributed by atoms with Crippen molar-refractivity contribution in [1.29, 1.82) is 0 Å². The predicted molar refractivity (Wildman–Crippen MR) is 323 cm³/mol. The maximum absolute atomic E-state index is 14.4. The summed E-state index contributed by atoms with van der Waals surface area (Å²) in [5, 5.41) is 13.8. The van der Waals surface area contributed by atoms with E-state index >= 15 is 0 Å². The Hall–Kier alpha value is -6.16. The molecule has 6 aliphatic heterocycles. The minimum atomic E-state index is -0.447. The summed E-state index contributed by atoms with van der Waals surface area (Å²) in [7, 11) is 0. The number of anilines is 2. The fraction of sp³-hybridized carbons (Fsp3) is 0.594. The molecule has 0 aliphatic carbocycles. The van der Waals surface area contributed by atoms with Crippen molar-refractivity contribution in [2.45, 2.75) is 153 Å². The summed E-state index contributed by atoms with van der Waals surface area (Å²) in [6.07, 6.45) is 6.27. The van der Waals surface area contributed by atoms with Gasteiger partial charge in [0, 0.05) is 161 Å². The van der Waals surface area contributed by atoms with Crippen LogP contribution in [-0.2, 0) is 42.8 Å². The Morgan fingerprint density at radius 1 is 0.583 bits per heavy atom. The summed E-state index contributed by atoms with van der Waals surface area (Å²) in [6, 6.07) is 16.5. The van der Waals surface area contributed by atoms with Crippen LogP contribution in [0, 0.1) is 11.6 Å². The van der Waals surface area contributed by atoms with Crippen LogP contribution in [0.25, 0.3) is 0 Å². The number of aromatic amines is 2. The van der Waals surface area contributed by atoms with Crippen molar-refractivity contribution in [3.8, 4) is 0 Å². The monoisotopic (exact) mass is 1160 g/mol. The van der Waals surface area contributed by atoms with Gasteiger partial charge in [-0.3, -0.25) is 48.4 Å². The highest BCUT2D eigenvalue weighted by atomic mass is 19.1. The van der Waals surface area contributed by atoms with Crippen LogP contribution in [0.4, 0.5) is 20.2 Å². The standard InChI is InChI=1S/C64H88F2N12O6/c1-41-31-75(37-57(81)77-39-63(3,4)59-53(77)27-45(61(83)71-59)25-43-15-19-47(65)20-16-43)51(29-67-41)35-73-23-9-11-49(33-73)69-55(79)13-7-8-14-56(80)70-50-12-10-24-74(34-50)36-52-30-68-42(2)32-76(52)38-58(82)78-40-64(5,6)60-54(78)28-46(62(84)72-60)26-44-17-21-48(66)22-18-44/h15-22,27-28,41-42,49-52,67-68H,7-14,23-26,29-40H2,1-6H3,(H,69,79)(H,70,80)(H,71,83)(H,72,84)/t41-,42-,49+,50+,51-,52-/m1/s1. The molecule has 4 aromatic rings. The molecule has 0 radical (unpaired) electrons. The van der Waals surface area contributed by atoms with E-state index in [0.29, 0.717) is 75.8 Å². The Balaban J connectivity index is 0.653. The summed E-state index contributed by atoms with van der Waals surface area (Å²) in [5.41, 5.74) is 4.32. The maximum Gasteiger partial charge on any atom is 0.251 e. The third kappa shape index (κ3) is 14.9. The lowest BCUT2D eigenvalue weighted by Gasteiger charge is -2.43. The number of rotatable bonds is 19. The Bertz CT molecular complexity index is 2930. The van der Waals surface area contributed by atoms with Crippen LogP contribution in [0.1, 0.15) is 127 Å². The van der Waals surface area contributed by atoms with Crippen molar-refractivity contribution in [3.63, 3.8) is 0 Å². The number of amides is 4. The minimum Gasteiger partial charge on any atom is -0.352 e. The molecule has 4 fully saturated rings. The molecule has 4 amide bonds. The molecule has 2 aromatic carbocycles. The molecule has 0 unspecified atom stereocenters. The first-order chi connectivity index (χ1) is 40.1. The van der Waals surface area contributed by atoms with Crippen molar-refractivity contribution < 1.29 is 28.0 Å². The van der Waals surface area contributed by atoms with Crippen LogP contribution in [0.3, 0.4) is 0 Å². The molecule has 4 saturated heterocycles. The van der Waals surface area contributed by atoms with Crippen molar-refractivity contribution in [1.82, 2.24) is 50.8 Å². The number of unbranched alkanes of at least 4 members (excludes halogenated alkanes) is 1. The van der Waals surface area contributed by atoms with E-state index in [2.05, 4.69) is 64.7 Å². The van der Waals surface area contributed by atoms with E-state index in [1.165, 1.54) is 24.3 Å². The number of likely N-dealkylation sites (tertiary alicyclic amines) is 2. The second kappa shape index (κ2) is 26.2. The van der Waals surface area contributed by atoms with E-state index in [0.717, 1.165) is 112 Å². The molecule has 18 nitrogen and oxygen atoms in total. The highest BCUT2D eigenvalue weighted by Crippen LogP contribution is 2.41. The zero-order valence-electron chi connectivity index (χ0n) is 50.1. The van der Waals surface area contributed by atoms with Crippen molar-refractivity contribution >= 4 is 35.0 Å². The number of H-pyrrole nitrogens is 2. The minimum absolute atomic E-state index is 0.00182. The SMILES string of the molecule is C[C@@H]1CN(CC(=O)N2CC(C)(C)c3[nH]c(=O)c(Cc4ccc(F)cc4)cc32)[C@@H](CN2CCC[C@H](NC(=O)CCCCC(=O)N[C@H]3CCCN(C[C@H]4CN[C@H](C)CN4CC(=O)N4CC(C)(C)c5[nH]c(=O)c(Cc6ccc(F)cc6)cc54)C3)C2)CN1. The number of benzene rings is 2. The fourth-order valence-electron chi connectivity index (χ4n) is 13.8. The van der Waals surface area contributed by atoms with Crippen LogP contribution in [0.5, 0.6) is 0 Å². The third-order valence-electron chi connectivity index (χ3n) is 18.3. The second-order valence-electron chi connectivity index (χ2n) is 26.4. The average Bonchev–Trinajstić information content (AvgIpc) is 3.42. The van der Waals surface area contributed by atoms with Crippen LogP contribution < -0.4 is 42.2 Å². The average molecular weight is 1160 g/mol. The Morgan fingerprint density at radius 2 is 0.976 bits per heavy atom. The zero-order valence-corrected chi connectivity index (χ0v) is 50.1. The fourth-order valence-corrected chi connectivity index (χ4v) is 13.8. The number of nitrogens with one attached hydrogen (secondary N) is 6. The Kier molecular flexibility index (Phi) is 19.0. The normalized spacial score (nSPS) is 24.6. The van der Waals surface area contributed by atoms with Gasteiger partial charge in [0.2, 0.25) is 23.6 Å². The highest BCUT2D eigenvalue weighted by molar-refractivity contribution is 5.98. The van der Waals surface area contributed by atoms with Gasteiger partial charge >= 0.3 is 0 Å². The number of aromatic nitrogens is 2. The van der Waals surface area contributed by atoms with E-state index in [4.69, 9.17) is 0 Å². The van der Waals surface area contributed by atoms with Gasteiger partial charge in [0.25, 0.3) is 11.1 Å². The largest absolute Gasteiger partial charge is 0.352 e. The molecule has 10 rings (SSSR count). The van der Waals surface area contributed by atoms with Gasteiger partial charge < -0.3 is 41.0 Å². The number of halogens is 2. The Morgan fingerprint density at radius 3 is 1.37 bits per heavy atom. The van der Waals surface area contributed by atoms with Crippen LogP contribution in [-0.4, -0.2) is 181 Å². The lowest BCUT2D eigenvalue weighted by atomic mass is 9.91. The first-order valence-corrected chi connectivity index (χ1v) is 30.7. The molecule has 8 heterocycles. The van der Waals surface area contributed by atoms with Gasteiger partial charge in [0.05, 0.1) is 24.5 Å². The van der Waals surface area contributed by atoms with Crippen molar-refractivity contribution in [2.75, 3.05) is 101 Å². The number of carbonyl (C=O) groups is 4. The van der Waals surface area contributed by atoms with E-state index < -0.39 is 10.8 Å². The van der Waals surface area contributed by atoms with Crippen LogP contribution in [0.2, 0.25) is 0 Å². The topological polar surface area (TPSA) is 202 Å². The Labute approximate surface area is 492 Å². The van der Waals surface area contributed by atoms with E-state index in [1.54, 1.807) is 24.3 Å². The van der Waals surface area contributed by atoms with Gasteiger partial charge in [0.1, 0.15) is 11.6 Å². The van der Waals surface area contributed by atoms with Gasteiger partial charge in [-0.15, -0.1) is 0 Å². The molecule has 84 heavy (non-hydrogen) atoms. The molecule has 6 aliphatic rings. The number of pyridine rings is 2. The smallest absolute Gasteiger partial charge is 0.251 e. The molecule has 0 spiro atoms. The van der Waals surface area contributed by atoms with Gasteiger partial charge in [-0.2, -0.15) is 0 Å². The number of piperazine rings is 2. The molecule has 2 aromatic heterocycles. The van der Waals surface area contributed by atoms with Gasteiger partial charge in [-0.1, -0.05) is 52.0 Å². The lowest BCUT2D eigenvalue weighted by Crippen LogP contribution is -2.62. The van der Waals surface area contributed by atoms with E-state index in [1.807, 2.05) is 49.6 Å². The maximum atomic E-state index is 14.4. The van der Waals surface area contributed by atoms with Gasteiger partial charge in [-0.25, -0.2) is 8.78 Å². The highest BCUT2D eigenvalue weighted by Gasteiger charge is 2.43. The summed E-state index contributed by atoms with van der Waals surface area (Å²) in [6.45, 7) is 21.5. The molecule has 454 valence electrons. The summed E-state index contributed by atoms with van der Waals surface area (Å²) in [5.74, 6) is -0.707. The summed E-state index contributed by atoms with van der Waals surface area (Å²) in [4.78, 5) is 101. The van der Waals surface area contributed by atoms with E-state index in [9.17, 15) is 37.5 Å². The quantitative estimate of drug-likeness (QED) is 0.0719. The first-order valence-electron chi connectivity index (χ1n) is 30.7. The number of hydrogen-bond acceptors (Lipinski definition) is 12. The zero-order chi connectivity index (χ0) is 59.5. The van der Waals surface area contributed by atoms with Crippen molar-refractivity contribution in [3.05, 3.63) is 127 Å². The number of piperidine rings is 2. The summed E-state index contributed by atoms with van der Waals surface area (Å²) >= 11 is 0. The number of nitrogens with zero attached hydrogens (tertiary/aromatic N) is 6. The molecule has 6 N–H and O–H groups in total.